The number of rotatable bonds is 11. The van der Waals surface area contributed by atoms with Gasteiger partial charge in [0.2, 0.25) is 0 Å². The summed E-state index contributed by atoms with van der Waals surface area (Å²) in [6.45, 7) is 3.40. The first kappa shape index (κ1) is 32.2. The zero-order valence-corrected chi connectivity index (χ0v) is 26.2. The van der Waals surface area contributed by atoms with Crippen LogP contribution in [0.2, 0.25) is 0 Å². The number of unbranched alkanes of at least 4 members (excludes halogenated alkanes) is 1. The second-order valence-electron chi connectivity index (χ2n) is 10.4. The van der Waals surface area contributed by atoms with E-state index in [1.165, 1.54) is 20.4 Å². The van der Waals surface area contributed by atoms with Crippen LogP contribution in [0.4, 0.5) is 5.69 Å². The molecule has 0 bridgehead atoms. The Morgan fingerprint density at radius 1 is 0.786 bits per heavy atom. The van der Waals surface area contributed by atoms with Crippen LogP contribution in [0.5, 0.6) is 11.5 Å². The third kappa shape index (κ3) is 9.91. The molecule has 0 aliphatic carbocycles. The number of anilines is 1. The van der Waals surface area contributed by atoms with Crippen LogP contribution in [0.25, 0.3) is 0 Å². The van der Waals surface area contributed by atoms with Crippen molar-refractivity contribution in [1.29, 1.82) is 0 Å². The first-order valence-electron chi connectivity index (χ1n) is 14.4. The molecule has 2 aliphatic heterocycles. The summed E-state index contributed by atoms with van der Waals surface area (Å²) in [4.78, 5) is 5.87. The molecule has 0 saturated carbocycles. The lowest BCUT2D eigenvalue weighted by molar-refractivity contribution is -0.0393. The number of nitrogens with zero attached hydrogens (tertiary/aromatic N) is 1. The molecule has 2 heterocycles. The molecule has 0 amide bonds. The summed E-state index contributed by atoms with van der Waals surface area (Å²) in [5, 5.41) is 0. The minimum atomic E-state index is -3.94. The predicted octanol–water partition coefficient (Wildman–Crippen LogP) is 6.21. The second kappa shape index (κ2) is 15.6. The molecule has 8 nitrogen and oxygen atoms in total. The average Bonchev–Trinajstić information content (AvgIpc) is 3.69. The Morgan fingerprint density at radius 3 is 1.52 bits per heavy atom. The van der Waals surface area contributed by atoms with Gasteiger partial charge < -0.3 is 28.4 Å². The minimum Gasteiger partial charge on any atom is -0.748 e. The fourth-order valence-corrected chi connectivity index (χ4v) is 7.19. The van der Waals surface area contributed by atoms with E-state index >= 15 is 0 Å². The molecule has 5 rings (SSSR count). The van der Waals surface area contributed by atoms with Crippen molar-refractivity contribution >= 4 is 26.7 Å². The van der Waals surface area contributed by atoms with Crippen molar-refractivity contribution in [2.24, 2.45) is 0 Å². The van der Waals surface area contributed by atoms with Gasteiger partial charge in [-0.05, 0) is 92.1 Å². The maximum absolute atomic E-state index is 9.83. The van der Waals surface area contributed by atoms with Gasteiger partial charge in [-0.3, -0.25) is 0 Å². The number of benzene rings is 3. The van der Waals surface area contributed by atoms with Crippen LogP contribution in [0.3, 0.4) is 0 Å². The van der Waals surface area contributed by atoms with E-state index < -0.39 is 10.1 Å². The first-order chi connectivity index (χ1) is 20.2. The first-order valence-corrected chi connectivity index (χ1v) is 17.2. The zero-order chi connectivity index (χ0) is 30.0. The van der Waals surface area contributed by atoms with Crippen molar-refractivity contribution in [3.8, 4) is 11.5 Å². The molecule has 3 aromatic rings. The lowest BCUT2D eigenvalue weighted by atomic mass is 10.3. The second-order valence-corrected chi connectivity index (χ2v) is 13.9. The molecule has 0 N–H and O–H groups in total. The molecule has 228 valence electrons. The molecular formula is C32H41NO7S2. The molecule has 0 spiro atoms. The van der Waals surface area contributed by atoms with Crippen LogP contribution in [0.1, 0.15) is 45.4 Å². The van der Waals surface area contributed by atoms with Crippen LogP contribution in [-0.2, 0) is 30.5 Å². The highest BCUT2D eigenvalue weighted by atomic mass is 32.2. The third-order valence-corrected chi connectivity index (χ3v) is 9.79. The summed E-state index contributed by atoms with van der Waals surface area (Å²) >= 11 is 0. The summed E-state index contributed by atoms with van der Waals surface area (Å²) in [7, 11) is -0.0612. The summed E-state index contributed by atoms with van der Waals surface area (Å²) in [5.41, 5.74) is 1.19. The summed E-state index contributed by atoms with van der Waals surface area (Å²) in [6.07, 6.45) is 4.99. The van der Waals surface area contributed by atoms with E-state index in [0.717, 1.165) is 56.8 Å². The number of hydrogen-bond donors (Lipinski definition) is 0. The highest BCUT2D eigenvalue weighted by molar-refractivity contribution is 7.97. The van der Waals surface area contributed by atoms with Crippen LogP contribution < -0.4 is 14.4 Å². The molecule has 0 aromatic heterocycles. The Morgan fingerprint density at radius 2 is 1.21 bits per heavy atom. The van der Waals surface area contributed by atoms with Gasteiger partial charge in [-0.1, -0.05) is 13.3 Å². The van der Waals surface area contributed by atoms with Gasteiger partial charge in [0.25, 0.3) is 0 Å². The van der Waals surface area contributed by atoms with Crippen molar-refractivity contribution in [1.82, 2.24) is 0 Å². The molecule has 2 atom stereocenters. The topological polar surface area (TPSA) is 97.4 Å². The van der Waals surface area contributed by atoms with E-state index in [1.54, 1.807) is 0 Å². The van der Waals surface area contributed by atoms with Gasteiger partial charge in [0.05, 0.1) is 34.2 Å². The highest BCUT2D eigenvalue weighted by Gasteiger charge is 2.29. The molecule has 42 heavy (non-hydrogen) atoms. The van der Waals surface area contributed by atoms with Gasteiger partial charge in [0.1, 0.15) is 11.5 Å². The van der Waals surface area contributed by atoms with Gasteiger partial charge in [0, 0.05) is 38.4 Å². The predicted molar refractivity (Wildman–Crippen MR) is 164 cm³/mol. The largest absolute Gasteiger partial charge is 0.748 e. The van der Waals surface area contributed by atoms with Gasteiger partial charge in [-0.15, -0.1) is 0 Å². The van der Waals surface area contributed by atoms with Crippen molar-refractivity contribution < 1.29 is 31.9 Å². The van der Waals surface area contributed by atoms with Gasteiger partial charge in [-0.2, -0.15) is 0 Å². The summed E-state index contributed by atoms with van der Waals surface area (Å²) in [6, 6.07) is 25.7. The van der Waals surface area contributed by atoms with Gasteiger partial charge in [-0.25, -0.2) is 8.42 Å². The fraction of sp³-hybridized carbons (Fsp3) is 0.438. The van der Waals surface area contributed by atoms with Crippen molar-refractivity contribution in [2.45, 2.75) is 72.7 Å². The maximum atomic E-state index is 9.83. The van der Waals surface area contributed by atoms with E-state index in [0.29, 0.717) is 6.42 Å². The minimum absolute atomic E-state index is 0.126. The molecule has 2 saturated heterocycles. The lowest BCUT2D eigenvalue weighted by Gasteiger charge is -2.15. The standard InChI is InChI=1S/C28H32NO4S.C4H10O3S/c1-29(2)21-7-13-24(14-8-21)34(25-15-9-22(10-16-25)32-27-5-3-19-30-27)26-17-11-23(12-18-26)33-28-6-4-20-31-28;1-2-3-4-8(5,6)7/h7-18,27-28H,3-6,19-20H2,1-2H3;2-4H2,1H3,(H,5,6,7)/q+1;/p-1. The highest BCUT2D eigenvalue weighted by Crippen LogP contribution is 2.34. The van der Waals surface area contributed by atoms with Crippen LogP contribution in [0, 0.1) is 0 Å². The SMILES string of the molecule is CCCCS(=O)(=O)[O-].CN(C)c1ccc([S+](c2ccc(OC3CCCO3)cc2)c2ccc(OC3CCCO3)cc2)cc1. The molecule has 10 heteroatoms. The normalized spacial score (nSPS) is 19.0. The van der Waals surface area contributed by atoms with Gasteiger partial charge in [0.15, 0.2) is 27.3 Å². The summed E-state index contributed by atoms with van der Waals surface area (Å²) < 4.78 is 52.7. The van der Waals surface area contributed by atoms with Crippen LogP contribution in [0.15, 0.2) is 87.5 Å². The monoisotopic (exact) mass is 615 g/mol. The molecule has 2 unspecified atom stereocenters. The van der Waals surface area contributed by atoms with Crippen molar-refractivity contribution in [3.63, 3.8) is 0 Å². The smallest absolute Gasteiger partial charge is 0.199 e. The molecule has 2 aliphatic rings. The van der Waals surface area contributed by atoms with E-state index in [4.69, 9.17) is 18.9 Å². The molecule has 0 radical (unpaired) electrons. The average molecular weight is 616 g/mol. The quantitative estimate of drug-likeness (QED) is 0.186. The fourth-order valence-electron chi connectivity index (χ4n) is 4.50. The van der Waals surface area contributed by atoms with E-state index in [9.17, 15) is 13.0 Å². The Hall–Kier alpha value is -2.76. The van der Waals surface area contributed by atoms with E-state index in [1.807, 2.05) is 6.92 Å². The van der Waals surface area contributed by atoms with Crippen LogP contribution in [-0.4, -0.2) is 58.6 Å². The molecule has 2 fully saturated rings. The van der Waals surface area contributed by atoms with Gasteiger partial charge >= 0.3 is 0 Å². The zero-order valence-electron chi connectivity index (χ0n) is 24.6. The Bertz CT molecular complexity index is 1260. The van der Waals surface area contributed by atoms with Crippen molar-refractivity contribution in [3.05, 3.63) is 72.8 Å². The maximum Gasteiger partial charge on any atom is 0.199 e. The van der Waals surface area contributed by atoms with Crippen LogP contribution >= 0.6 is 0 Å². The Balaban J connectivity index is 0.000000446. The Labute approximate surface area is 253 Å². The summed E-state index contributed by atoms with van der Waals surface area (Å²) in [5.74, 6) is 1.48. The van der Waals surface area contributed by atoms with E-state index in [2.05, 4.69) is 91.8 Å². The number of ether oxygens (including phenoxy) is 4. The molecular weight excluding hydrogens is 574 g/mol. The van der Waals surface area contributed by atoms with E-state index in [-0.39, 0.29) is 29.2 Å². The Kier molecular flexibility index (Phi) is 12.0. The number of hydrogen-bond acceptors (Lipinski definition) is 8. The molecule has 3 aromatic carbocycles. The lowest BCUT2D eigenvalue weighted by Crippen LogP contribution is -2.14. The third-order valence-electron chi connectivity index (χ3n) is 6.77. The van der Waals surface area contributed by atoms with Crippen molar-refractivity contribution in [2.75, 3.05) is 38.0 Å².